The first-order valence-electron chi connectivity index (χ1n) is 13.9. The van der Waals surface area contributed by atoms with E-state index in [0.29, 0.717) is 50.4 Å². The standard InChI is InChI=1S/C26H46N2O6S2/c1-23(2)17-9-11-25(23,21(29)13-17)15-35(31,32)27-19-7-5-6-8-20(19)28-36(33,34)16-26-12-10-18(14-22(26)30)24(26,3)4/h17-22,27-30H,5-16H2,1-4H3/t17-,18+,19-,20-,21+,22-,25-,26+/m1/s1. The van der Waals surface area contributed by atoms with E-state index in [9.17, 15) is 27.0 Å². The minimum absolute atomic E-state index is 0.120. The third-order valence-corrected chi connectivity index (χ3v) is 15.2. The molecule has 5 rings (SSSR count). The molecule has 0 aromatic heterocycles. The van der Waals surface area contributed by atoms with Crippen molar-refractivity contribution in [1.29, 1.82) is 0 Å². The fraction of sp³-hybridized carbons (Fsp3) is 1.00. The smallest absolute Gasteiger partial charge is 0.212 e. The number of rotatable bonds is 8. The van der Waals surface area contributed by atoms with E-state index in [-0.39, 0.29) is 22.3 Å². The maximum Gasteiger partial charge on any atom is 0.212 e. The molecule has 5 aliphatic carbocycles. The maximum absolute atomic E-state index is 13.5. The van der Waals surface area contributed by atoms with E-state index >= 15 is 0 Å². The first kappa shape index (κ1) is 27.3. The molecule has 0 aromatic carbocycles. The molecule has 4 N–H and O–H groups in total. The van der Waals surface area contributed by atoms with E-state index in [4.69, 9.17) is 0 Å². The SMILES string of the molecule is CC1(C)[C@H]2CC[C@]1(CS(=O)(=O)N[C@@H]1CCCC[C@H]1NS(=O)(=O)C[C@]13CC[C@H](C[C@@H]1O)C3(C)C)[C@H](O)C2. The molecule has 0 amide bonds. The van der Waals surface area contributed by atoms with E-state index in [0.717, 1.165) is 25.7 Å². The van der Waals surface area contributed by atoms with Gasteiger partial charge < -0.3 is 10.2 Å². The summed E-state index contributed by atoms with van der Waals surface area (Å²) in [5, 5.41) is 21.7. The fourth-order valence-corrected chi connectivity index (χ4v) is 13.8. The van der Waals surface area contributed by atoms with Gasteiger partial charge in [-0.2, -0.15) is 0 Å². The molecule has 5 aliphatic rings. The highest BCUT2D eigenvalue weighted by atomic mass is 32.2. The molecule has 10 heteroatoms. The van der Waals surface area contributed by atoms with Crippen molar-refractivity contribution < 1.29 is 27.0 Å². The monoisotopic (exact) mass is 546 g/mol. The molecule has 0 saturated heterocycles. The molecule has 5 saturated carbocycles. The molecule has 0 aromatic rings. The lowest BCUT2D eigenvalue weighted by Crippen LogP contribution is -2.57. The van der Waals surface area contributed by atoms with Gasteiger partial charge >= 0.3 is 0 Å². The second-order valence-corrected chi connectivity index (χ2v) is 17.5. The van der Waals surface area contributed by atoms with Crippen LogP contribution in [-0.4, -0.2) is 62.8 Å². The van der Waals surface area contributed by atoms with E-state index in [1.165, 1.54) is 0 Å². The van der Waals surface area contributed by atoms with Gasteiger partial charge in [0.15, 0.2) is 0 Å². The maximum atomic E-state index is 13.5. The van der Waals surface area contributed by atoms with Crippen LogP contribution in [0.2, 0.25) is 0 Å². The predicted molar refractivity (Wildman–Crippen MR) is 139 cm³/mol. The van der Waals surface area contributed by atoms with E-state index in [1.54, 1.807) is 0 Å². The van der Waals surface area contributed by atoms with E-state index in [2.05, 4.69) is 37.1 Å². The van der Waals surface area contributed by atoms with Crippen molar-refractivity contribution in [2.24, 2.45) is 33.5 Å². The Bertz CT molecular complexity index is 1000. The number of hydrogen-bond donors (Lipinski definition) is 4. The highest BCUT2D eigenvalue weighted by Crippen LogP contribution is 2.67. The Labute approximate surface area is 217 Å². The summed E-state index contributed by atoms with van der Waals surface area (Å²) in [6.45, 7) is 8.33. The molecule has 8 atom stereocenters. The summed E-state index contributed by atoms with van der Waals surface area (Å²) in [4.78, 5) is 0. The van der Waals surface area contributed by atoms with Gasteiger partial charge in [0.25, 0.3) is 0 Å². The molecule has 0 radical (unpaired) electrons. The Balaban J connectivity index is 1.30. The Kier molecular flexibility index (Phi) is 6.54. The summed E-state index contributed by atoms with van der Waals surface area (Å²) in [5.41, 5.74) is -1.81. The molecular weight excluding hydrogens is 500 g/mol. The number of aliphatic hydroxyl groups is 2. The van der Waals surface area contributed by atoms with E-state index < -0.39 is 55.2 Å². The molecule has 8 nitrogen and oxygen atoms in total. The van der Waals surface area contributed by atoms with Gasteiger partial charge in [-0.1, -0.05) is 40.5 Å². The summed E-state index contributed by atoms with van der Waals surface area (Å²) in [5.74, 6) is 0.431. The Morgan fingerprint density at radius 3 is 1.31 bits per heavy atom. The van der Waals surface area contributed by atoms with Crippen LogP contribution in [0.5, 0.6) is 0 Å². The van der Waals surface area contributed by atoms with Crippen molar-refractivity contribution in [1.82, 2.24) is 9.44 Å². The van der Waals surface area contributed by atoms with Gasteiger partial charge in [0.2, 0.25) is 20.0 Å². The van der Waals surface area contributed by atoms with Crippen LogP contribution >= 0.6 is 0 Å². The minimum Gasteiger partial charge on any atom is -0.392 e. The van der Waals surface area contributed by atoms with Crippen molar-refractivity contribution in [2.45, 2.75) is 116 Å². The lowest BCUT2D eigenvalue weighted by molar-refractivity contribution is 0.0148. The average Bonchev–Trinajstić information content (AvgIpc) is 3.27. The highest BCUT2D eigenvalue weighted by molar-refractivity contribution is 7.89. The van der Waals surface area contributed by atoms with Crippen LogP contribution < -0.4 is 9.44 Å². The van der Waals surface area contributed by atoms with Gasteiger partial charge in [-0.05, 0) is 74.0 Å². The van der Waals surface area contributed by atoms with Crippen molar-refractivity contribution in [2.75, 3.05) is 11.5 Å². The molecule has 5 fully saturated rings. The van der Waals surface area contributed by atoms with Gasteiger partial charge in [-0.15, -0.1) is 0 Å². The normalized spacial score (nSPS) is 45.4. The van der Waals surface area contributed by atoms with Crippen LogP contribution in [0.4, 0.5) is 0 Å². The Morgan fingerprint density at radius 1 is 0.667 bits per heavy atom. The summed E-state index contributed by atoms with van der Waals surface area (Å²) in [6.07, 6.45) is 6.17. The van der Waals surface area contributed by atoms with Gasteiger partial charge in [0, 0.05) is 22.9 Å². The number of sulfonamides is 2. The molecule has 0 aliphatic heterocycles. The number of hydrogen-bond acceptors (Lipinski definition) is 6. The lowest BCUT2D eigenvalue weighted by atomic mass is 9.70. The molecule has 0 spiro atoms. The fourth-order valence-electron chi connectivity index (χ4n) is 9.39. The van der Waals surface area contributed by atoms with Crippen molar-refractivity contribution in [3.05, 3.63) is 0 Å². The number of aliphatic hydroxyl groups excluding tert-OH is 2. The molecule has 36 heavy (non-hydrogen) atoms. The van der Waals surface area contributed by atoms with Crippen molar-refractivity contribution in [3.8, 4) is 0 Å². The van der Waals surface area contributed by atoms with Gasteiger partial charge in [0.1, 0.15) is 0 Å². The van der Waals surface area contributed by atoms with Gasteiger partial charge in [-0.3, -0.25) is 0 Å². The topological polar surface area (TPSA) is 133 Å². The van der Waals surface area contributed by atoms with Crippen LogP contribution in [0.3, 0.4) is 0 Å². The second kappa shape index (κ2) is 8.62. The Morgan fingerprint density at radius 2 is 1.03 bits per heavy atom. The van der Waals surface area contributed by atoms with Crippen molar-refractivity contribution >= 4 is 20.0 Å². The third-order valence-electron chi connectivity index (χ3n) is 12.1. The van der Waals surface area contributed by atoms with Crippen LogP contribution in [0.15, 0.2) is 0 Å². The molecule has 0 heterocycles. The molecule has 0 unspecified atom stereocenters. The zero-order chi connectivity index (χ0) is 26.4. The number of fused-ring (bicyclic) bond motifs is 4. The van der Waals surface area contributed by atoms with Crippen LogP contribution in [0.1, 0.15) is 91.9 Å². The van der Waals surface area contributed by atoms with Gasteiger partial charge in [0.05, 0.1) is 23.7 Å². The first-order valence-corrected chi connectivity index (χ1v) is 17.2. The summed E-state index contributed by atoms with van der Waals surface area (Å²) in [6, 6.07) is -1.02. The summed E-state index contributed by atoms with van der Waals surface area (Å²) < 4.78 is 59.6. The quantitative estimate of drug-likeness (QED) is 0.370. The lowest BCUT2D eigenvalue weighted by Gasteiger charge is -2.42. The van der Waals surface area contributed by atoms with E-state index in [1.807, 2.05) is 0 Å². The van der Waals surface area contributed by atoms with Crippen LogP contribution in [0, 0.1) is 33.5 Å². The largest absolute Gasteiger partial charge is 0.392 e. The van der Waals surface area contributed by atoms with Crippen molar-refractivity contribution in [3.63, 3.8) is 0 Å². The zero-order valence-electron chi connectivity index (χ0n) is 22.3. The summed E-state index contributed by atoms with van der Waals surface area (Å²) in [7, 11) is -7.49. The average molecular weight is 547 g/mol. The zero-order valence-corrected chi connectivity index (χ0v) is 23.9. The minimum atomic E-state index is -3.75. The van der Waals surface area contributed by atoms with Crippen LogP contribution in [-0.2, 0) is 20.0 Å². The third kappa shape index (κ3) is 4.03. The molecule has 208 valence electrons. The first-order chi connectivity index (χ1) is 16.6. The van der Waals surface area contributed by atoms with Gasteiger partial charge in [-0.25, -0.2) is 26.3 Å². The predicted octanol–water partition coefficient (Wildman–Crippen LogP) is 2.51. The highest BCUT2D eigenvalue weighted by Gasteiger charge is 2.66. The Hall–Kier alpha value is -0.260. The second-order valence-electron chi connectivity index (χ2n) is 14.0. The number of nitrogens with one attached hydrogen (secondary N) is 2. The summed E-state index contributed by atoms with van der Waals surface area (Å²) >= 11 is 0. The molecule has 4 bridgehead atoms. The van der Waals surface area contributed by atoms with Crippen LogP contribution in [0.25, 0.3) is 0 Å². The molecular formula is C26H46N2O6S2.